The minimum absolute atomic E-state index is 0.211. The third-order valence-electron chi connectivity index (χ3n) is 4.75. The Kier molecular flexibility index (Phi) is 6.28. The number of hydrogen-bond acceptors (Lipinski definition) is 5. The molecule has 2 N–H and O–H groups in total. The maximum atomic E-state index is 12.3. The molecule has 2 amide bonds. The number of pyridine rings is 1. The highest BCUT2D eigenvalue weighted by Gasteiger charge is 2.07. The third kappa shape index (κ3) is 5.01. The molecule has 7 heteroatoms. The van der Waals surface area contributed by atoms with Crippen LogP contribution in [-0.4, -0.2) is 23.8 Å². The Morgan fingerprint density at radius 2 is 1.84 bits per heavy atom. The maximum absolute atomic E-state index is 12.3. The van der Waals surface area contributed by atoms with Gasteiger partial charge in [0.25, 0.3) is 5.91 Å². The van der Waals surface area contributed by atoms with Gasteiger partial charge in [-0.2, -0.15) is 0 Å². The van der Waals surface area contributed by atoms with E-state index < -0.39 is 0 Å². The largest absolute Gasteiger partial charge is 0.457 e. The first-order valence-corrected chi connectivity index (χ1v) is 10.8. The molecule has 2 heterocycles. The van der Waals surface area contributed by atoms with Crippen LogP contribution in [0.4, 0.5) is 5.69 Å². The zero-order valence-electron chi connectivity index (χ0n) is 17.6. The Labute approximate surface area is 189 Å². The fraction of sp³-hybridized carbons (Fsp3) is 0.0800. The van der Waals surface area contributed by atoms with E-state index in [9.17, 15) is 9.59 Å². The van der Waals surface area contributed by atoms with Gasteiger partial charge in [0, 0.05) is 40.7 Å². The van der Waals surface area contributed by atoms with Crippen LogP contribution in [0.1, 0.15) is 20.9 Å². The quantitative estimate of drug-likeness (QED) is 0.391. The van der Waals surface area contributed by atoms with Crippen LogP contribution in [0.15, 0.2) is 72.9 Å². The number of ether oxygens (including phenoxy) is 1. The van der Waals surface area contributed by atoms with Gasteiger partial charge in [0.1, 0.15) is 17.2 Å². The molecule has 2 aromatic carbocycles. The zero-order chi connectivity index (χ0) is 22.5. The van der Waals surface area contributed by atoms with Gasteiger partial charge < -0.3 is 15.4 Å². The minimum Gasteiger partial charge on any atom is -0.457 e. The molecular weight excluding hydrogens is 422 g/mol. The van der Waals surface area contributed by atoms with E-state index in [1.54, 1.807) is 54.8 Å². The summed E-state index contributed by atoms with van der Waals surface area (Å²) in [4.78, 5) is 29.0. The monoisotopic (exact) mass is 443 g/mol. The van der Waals surface area contributed by atoms with E-state index in [1.165, 1.54) is 27.9 Å². The Hall–Kier alpha value is -3.97. The SMILES string of the molecule is CNC(=O)c1cc(Oc2ccc(NC(=O)C=Cc3cc4c(C)cccc4s3)cc2)ccn1. The van der Waals surface area contributed by atoms with Crippen molar-refractivity contribution < 1.29 is 14.3 Å². The van der Waals surface area contributed by atoms with Gasteiger partial charge in [-0.25, -0.2) is 0 Å². The van der Waals surface area contributed by atoms with Crippen LogP contribution >= 0.6 is 11.3 Å². The fourth-order valence-corrected chi connectivity index (χ4v) is 4.16. The van der Waals surface area contributed by atoms with E-state index in [4.69, 9.17) is 4.74 Å². The van der Waals surface area contributed by atoms with Crippen LogP contribution < -0.4 is 15.4 Å². The number of rotatable bonds is 6. The predicted molar refractivity (Wildman–Crippen MR) is 128 cm³/mol. The first-order valence-electron chi connectivity index (χ1n) is 9.96. The summed E-state index contributed by atoms with van der Waals surface area (Å²) in [7, 11) is 1.54. The zero-order valence-corrected chi connectivity index (χ0v) is 18.4. The van der Waals surface area contributed by atoms with Crippen molar-refractivity contribution in [2.45, 2.75) is 6.92 Å². The number of aromatic nitrogens is 1. The van der Waals surface area contributed by atoms with E-state index >= 15 is 0 Å². The molecule has 0 atom stereocenters. The van der Waals surface area contributed by atoms with Crippen molar-refractivity contribution in [3.8, 4) is 11.5 Å². The number of benzene rings is 2. The summed E-state index contributed by atoms with van der Waals surface area (Å²) < 4.78 is 6.98. The van der Waals surface area contributed by atoms with E-state index in [-0.39, 0.29) is 17.5 Å². The normalized spacial score (nSPS) is 10.9. The van der Waals surface area contributed by atoms with E-state index in [2.05, 4.69) is 40.7 Å². The number of hydrogen-bond donors (Lipinski definition) is 2. The summed E-state index contributed by atoms with van der Waals surface area (Å²) in [5.41, 5.74) is 2.15. The van der Waals surface area contributed by atoms with Crippen molar-refractivity contribution >= 4 is 45.0 Å². The van der Waals surface area contributed by atoms with Crippen molar-refractivity contribution in [3.05, 3.63) is 89.1 Å². The van der Waals surface area contributed by atoms with Crippen LogP contribution in [0.2, 0.25) is 0 Å². The van der Waals surface area contributed by atoms with Gasteiger partial charge in [0.15, 0.2) is 0 Å². The smallest absolute Gasteiger partial charge is 0.269 e. The lowest BCUT2D eigenvalue weighted by Crippen LogP contribution is -2.18. The van der Waals surface area contributed by atoms with Crippen molar-refractivity contribution in [2.75, 3.05) is 12.4 Å². The fourth-order valence-electron chi connectivity index (χ4n) is 3.12. The summed E-state index contributed by atoms with van der Waals surface area (Å²) in [6, 6.07) is 18.5. The van der Waals surface area contributed by atoms with Crippen molar-refractivity contribution in [1.29, 1.82) is 0 Å². The summed E-state index contributed by atoms with van der Waals surface area (Å²) in [6.45, 7) is 2.08. The number of aryl methyl sites for hydroxylation is 1. The molecule has 0 saturated carbocycles. The average molecular weight is 444 g/mol. The van der Waals surface area contributed by atoms with Crippen molar-refractivity contribution in [2.24, 2.45) is 0 Å². The molecule has 4 aromatic rings. The van der Waals surface area contributed by atoms with E-state index in [0.29, 0.717) is 17.2 Å². The Morgan fingerprint density at radius 1 is 1.03 bits per heavy atom. The predicted octanol–water partition coefficient (Wildman–Crippen LogP) is 5.41. The molecule has 0 aliphatic heterocycles. The average Bonchev–Trinajstić information content (AvgIpc) is 3.23. The lowest BCUT2D eigenvalue weighted by Gasteiger charge is -2.08. The van der Waals surface area contributed by atoms with Gasteiger partial charge in [0.05, 0.1) is 0 Å². The minimum atomic E-state index is -0.285. The highest BCUT2D eigenvalue weighted by Crippen LogP contribution is 2.29. The summed E-state index contributed by atoms with van der Waals surface area (Å²) in [5, 5.41) is 6.58. The molecule has 160 valence electrons. The second kappa shape index (κ2) is 9.45. The van der Waals surface area contributed by atoms with Crippen LogP contribution in [0.3, 0.4) is 0 Å². The number of amides is 2. The molecule has 4 rings (SSSR count). The Balaban J connectivity index is 1.37. The molecule has 0 spiro atoms. The van der Waals surface area contributed by atoms with Crippen molar-refractivity contribution in [1.82, 2.24) is 10.3 Å². The van der Waals surface area contributed by atoms with E-state index in [0.717, 1.165) is 4.88 Å². The molecular formula is C25H21N3O3S. The highest BCUT2D eigenvalue weighted by atomic mass is 32.1. The van der Waals surface area contributed by atoms with Crippen LogP contribution in [0.5, 0.6) is 11.5 Å². The molecule has 32 heavy (non-hydrogen) atoms. The molecule has 0 aliphatic carbocycles. The summed E-state index contributed by atoms with van der Waals surface area (Å²) in [5.74, 6) is 0.578. The lowest BCUT2D eigenvalue weighted by molar-refractivity contribution is -0.111. The summed E-state index contributed by atoms with van der Waals surface area (Å²) in [6.07, 6.45) is 4.87. The Bertz CT molecular complexity index is 1310. The first kappa shape index (κ1) is 21.3. The van der Waals surface area contributed by atoms with Gasteiger partial charge in [-0.05, 0) is 66.4 Å². The van der Waals surface area contributed by atoms with E-state index in [1.807, 2.05) is 12.1 Å². The summed E-state index contributed by atoms with van der Waals surface area (Å²) >= 11 is 1.65. The molecule has 0 bridgehead atoms. The number of carbonyl (C=O) groups is 2. The highest BCUT2D eigenvalue weighted by molar-refractivity contribution is 7.19. The number of anilines is 1. The first-order chi connectivity index (χ1) is 15.5. The second-order valence-electron chi connectivity index (χ2n) is 7.04. The number of nitrogens with one attached hydrogen (secondary N) is 2. The van der Waals surface area contributed by atoms with Gasteiger partial charge in [0.2, 0.25) is 5.91 Å². The second-order valence-corrected chi connectivity index (χ2v) is 8.16. The molecule has 0 aliphatic rings. The molecule has 6 nitrogen and oxygen atoms in total. The van der Waals surface area contributed by atoms with Crippen molar-refractivity contribution in [3.63, 3.8) is 0 Å². The number of fused-ring (bicyclic) bond motifs is 1. The topological polar surface area (TPSA) is 80.3 Å². The number of thiophene rings is 1. The molecule has 0 saturated heterocycles. The van der Waals surface area contributed by atoms with Crippen LogP contribution in [0.25, 0.3) is 16.2 Å². The number of nitrogens with zero attached hydrogens (tertiary/aromatic N) is 1. The third-order valence-corrected chi connectivity index (χ3v) is 5.81. The molecule has 0 radical (unpaired) electrons. The van der Waals surface area contributed by atoms with Gasteiger partial charge >= 0.3 is 0 Å². The Morgan fingerprint density at radius 3 is 2.59 bits per heavy atom. The van der Waals surface area contributed by atoms with Gasteiger partial charge in [-0.1, -0.05) is 12.1 Å². The number of carbonyl (C=O) groups excluding carboxylic acids is 2. The molecule has 2 aromatic heterocycles. The molecule has 0 fully saturated rings. The van der Waals surface area contributed by atoms with Gasteiger partial charge in [-0.3, -0.25) is 14.6 Å². The molecule has 0 unspecified atom stereocenters. The van der Waals surface area contributed by atoms with Crippen LogP contribution in [0, 0.1) is 6.92 Å². The van der Waals surface area contributed by atoms with Gasteiger partial charge in [-0.15, -0.1) is 11.3 Å². The van der Waals surface area contributed by atoms with Crippen LogP contribution in [-0.2, 0) is 4.79 Å². The standard InChI is InChI=1S/C25H21N3O3S/c1-16-4-3-5-23-21(16)15-20(32-23)10-11-24(29)28-17-6-8-18(9-7-17)31-19-12-13-27-22(14-19)25(30)26-2/h3-15H,1-2H3,(H,26,30)(H,28,29). The lowest BCUT2D eigenvalue weighted by atomic mass is 10.1. The maximum Gasteiger partial charge on any atom is 0.269 e.